The first-order valence-electron chi connectivity index (χ1n) is 8.74. The van der Waals surface area contributed by atoms with Crippen LogP contribution in [0.5, 0.6) is 0 Å². The molecule has 0 aromatic heterocycles. The normalized spacial score (nSPS) is 24.8. The van der Waals surface area contributed by atoms with Crippen LogP contribution in [-0.4, -0.2) is 28.3 Å². The molecule has 1 saturated heterocycles. The van der Waals surface area contributed by atoms with E-state index in [-0.39, 0.29) is 23.8 Å². The van der Waals surface area contributed by atoms with Crippen molar-refractivity contribution in [2.75, 3.05) is 0 Å². The monoisotopic (exact) mass is 314 g/mol. The number of rotatable bonds is 4. The van der Waals surface area contributed by atoms with E-state index in [0.29, 0.717) is 6.54 Å². The molecule has 0 radical (unpaired) electrons. The van der Waals surface area contributed by atoms with Gasteiger partial charge >= 0.3 is 0 Å². The molecule has 0 bridgehead atoms. The van der Waals surface area contributed by atoms with E-state index in [1.54, 1.807) is 0 Å². The second-order valence-corrected chi connectivity index (χ2v) is 7.03. The molecule has 2 unspecified atom stereocenters. The highest BCUT2D eigenvalue weighted by Crippen LogP contribution is 2.36. The van der Waals surface area contributed by atoms with Crippen molar-refractivity contribution in [1.82, 2.24) is 10.2 Å². The Morgan fingerprint density at radius 1 is 1.22 bits per heavy atom. The van der Waals surface area contributed by atoms with Gasteiger partial charge in [0, 0.05) is 6.54 Å². The lowest BCUT2D eigenvalue weighted by Crippen LogP contribution is -2.70. The van der Waals surface area contributed by atoms with Gasteiger partial charge in [-0.2, -0.15) is 0 Å². The highest BCUT2D eigenvalue weighted by molar-refractivity contribution is 6.00. The van der Waals surface area contributed by atoms with Crippen LogP contribution in [0, 0.1) is 5.92 Å². The molecule has 2 atom stereocenters. The molecule has 2 fully saturated rings. The zero-order valence-corrected chi connectivity index (χ0v) is 14.0. The molecule has 1 aromatic rings. The molecule has 124 valence electrons. The molecule has 1 aliphatic heterocycles. The van der Waals surface area contributed by atoms with Gasteiger partial charge in [0.1, 0.15) is 11.6 Å². The molecule has 1 aliphatic carbocycles. The fourth-order valence-corrected chi connectivity index (χ4v) is 3.96. The van der Waals surface area contributed by atoms with Gasteiger partial charge < -0.3 is 10.2 Å². The highest BCUT2D eigenvalue weighted by atomic mass is 16.2. The maximum absolute atomic E-state index is 13.2. The zero-order chi connectivity index (χ0) is 16.4. The topological polar surface area (TPSA) is 49.4 Å². The molecule has 2 aliphatic rings. The fourth-order valence-electron chi connectivity index (χ4n) is 3.96. The molecule has 23 heavy (non-hydrogen) atoms. The number of carbonyl (C=O) groups is 2. The van der Waals surface area contributed by atoms with Gasteiger partial charge in [0.05, 0.1) is 0 Å². The van der Waals surface area contributed by atoms with Crippen LogP contribution >= 0.6 is 0 Å². The number of amides is 2. The lowest BCUT2D eigenvalue weighted by atomic mass is 9.86. The zero-order valence-electron chi connectivity index (χ0n) is 14.0. The van der Waals surface area contributed by atoms with Crippen LogP contribution in [0.1, 0.15) is 51.5 Å². The van der Waals surface area contributed by atoms with Crippen molar-refractivity contribution in [3.63, 3.8) is 0 Å². The van der Waals surface area contributed by atoms with Gasteiger partial charge in [-0.25, -0.2) is 0 Å². The van der Waals surface area contributed by atoms with E-state index < -0.39 is 5.54 Å². The van der Waals surface area contributed by atoms with Crippen molar-refractivity contribution < 1.29 is 9.59 Å². The van der Waals surface area contributed by atoms with Crippen LogP contribution in [0.2, 0.25) is 0 Å². The van der Waals surface area contributed by atoms with Gasteiger partial charge in [-0.1, -0.05) is 63.4 Å². The predicted molar refractivity (Wildman–Crippen MR) is 89.6 cm³/mol. The third-order valence-corrected chi connectivity index (χ3v) is 5.47. The van der Waals surface area contributed by atoms with E-state index in [9.17, 15) is 9.59 Å². The second kappa shape index (κ2) is 6.34. The largest absolute Gasteiger partial charge is 0.340 e. The van der Waals surface area contributed by atoms with Crippen LogP contribution in [0.3, 0.4) is 0 Å². The Morgan fingerprint density at radius 2 is 1.87 bits per heavy atom. The van der Waals surface area contributed by atoms with Crippen molar-refractivity contribution in [3.8, 4) is 0 Å². The number of benzene rings is 1. The summed E-state index contributed by atoms with van der Waals surface area (Å²) in [6.45, 7) is 4.65. The minimum atomic E-state index is -0.643. The summed E-state index contributed by atoms with van der Waals surface area (Å²) in [5, 5.41) is 3.09. The molecule has 3 rings (SSSR count). The highest BCUT2D eigenvalue weighted by Gasteiger charge is 2.52. The van der Waals surface area contributed by atoms with E-state index in [0.717, 1.165) is 37.7 Å². The predicted octanol–water partition coefficient (Wildman–Crippen LogP) is 2.87. The molecule has 1 N–H and O–H groups in total. The van der Waals surface area contributed by atoms with Crippen molar-refractivity contribution in [2.45, 2.75) is 64.1 Å². The molecule has 1 aromatic carbocycles. The summed E-state index contributed by atoms with van der Waals surface area (Å²) in [6, 6.07) is 9.61. The Kier molecular flexibility index (Phi) is 4.42. The molecule has 4 nitrogen and oxygen atoms in total. The first-order valence-corrected chi connectivity index (χ1v) is 8.74. The fraction of sp³-hybridized carbons (Fsp3) is 0.579. The van der Waals surface area contributed by atoms with E-state index in [1.807, 2.05) is 35.2 Å². The maximum Gasteiger partial charge on any atom is 0.249 e. The van der Waals surface area contributed by atoms with Crippen molar-refractivity contribution in [2.24, 2.45) is 5.92 Å². The molecular weight excluding hydrogens is 288 g/mol. The number of hydrogen-bond donors (Lipinski definition) is 1. The summed E-state index contributed by atoms with van der Waals surface area (Å²) in [5.74, 6) is 0.293. The Labute approximate surface area is 138 Å². The van der Waals surface area contributed by atoms with E-state index in [1.165, 1.54) is 0 Å². The first-order chi connectivity index (χ1) is 11.1. The van der Waals surface area contributed by atoms with Crippen LogP contribution in [0.25, 0.3) is 0 Å². The Bertz CT molecular complexity index is 578. The lowest BCUT2D eigenvalue weighted by Gasteiger charge is -2.46. The number of carbonyl (C=O) groups excluding carboxylic acids is 2. The standard InChI is InChI=1S/C19H26N2O2/c1-3-14(2)16-17(22)20-19(11-7-8-12-19)18(23)21(16)13-15-9-5-4-6-10-15/h4-6,9-10,14,16H,3,7-8,11-13H2,1-2H3,(H,20,22). The van der Waals surface area contributed by atoms with Gasteiger partial charge in [-0.3, -0.25) is 9.59 Å². The SMILES string of the molecule is CCC(C)C1C(=O)NC2(CCCC2)C(=O)N1Cc1ccccc1. The Hall–Kier alpha value is -1.84. The molecule has 1 saturated carbocycles. The van der Waals surface area contributed by atoms with Gasteiger partial charge in [0.2, 0.25) is 11.8 Å². The van der Waals surface area contributed by atoms with Crippen LogP contribution in [-0.2, 0) is 16.1 Å². The van der Waals surface area contributed by atoms with Crippen LogP contribution in [0.4, 0.5) is 0 Å². The summed E-state index contributed by atoms with van der Waals surface area (Å²) < 4.78 is 0. The minimum Gasteiger partial charge on any atom is -0.340 e. The van der Waals surface area contributed by atoms with Crippen LogP contribution in [0.15, 0.2) is 30.3 Å². The van der Waals surface area contributed by atoms with E-state index >= 15 is 0 Å². The summed E-state index contributed by atoms with van der Waals surface area (Å²) >= 11 is 0. The van der Waals surface area contributed by atoms with Gasteiger partial charge in [0.15, 0.2) is 0 Å². The van der Waals surface area contributed by atoms with Crippen molar-refractivity contribution >= 4 is 11.8 Å². The van der Waals surface area contributed by atoms with E-state index in [4.69, 9.17) is 0 Å². The van der Waals surface area contributed by atoms with Gasteiger partial charge in [-0.05, 0) is 24.3 Å². The molecule has 1 heterocycles. The lowest BCUT2D eigenvalue weighted by molar-refractivity contribution is -0.157. The third-order valence-electron chi connectivity index (χ3n) is 5.47. The van der Waals surface area contributed by atoms with Crippen molar-refractivity contribution in [1.29, 1.82) is 0 Å². The maximum atomic E-state index is 13.2. The summed E-state index contributed by atoms with van der Waals surface area (Å²) in [7, 11) is 0. The quantitative estimate of drug-likeness (QED) is 0.929. The van der Waals surface area contributed by atoms with Gasteiger partial charge in [0.25, 0.3) is 0 Å². The summed E-state index contributed by atoms with van der Waals surface area (Å²) in [6.07, 6.45) is 4.45. The number of nitrogens with one attached hydrogen (secondary N) is 1. The average Bonchev–Trinajstić information content (AvgIpc) is 3.02. The summed E-state index contributed by atoms with van der Waals surface area (Å²) in [5.41, 5.74) is 0.438. The Morgan fingerprint density at radius 3 is 2.48 bits per heavy atom. The van der Waals surface area contributed by atoms with Gasteiger partial charge in [-0.15, -0.1) is 0 Å². The van der Waals surface area contributed by atoms with Crippen LogP contribution < -0.4 is 5.32 Å². The third kappa shape index (κ3) is 2.87. The minimum absolute atomic E-state index is 0.0248. The molecule has 4 heteroatoms. The Balaban J connectivity index is 1.93. The number of hydrogen-bond acceptors (Lipinski definition) is 2. The molecular formula is C19H26N2O2. The second-order valence-electron chi connectivity index (χ2n) is 7.03. The average molecular weight is 314 g/mol. The van der Waals surface area contributed by atoms with E-state index in [2.05, 4.69) is 19.2 Å². The molecule has 2 amide bonds. The number of nitrogens with zero attached hydrogens (tertiary/aromatic N) is 1. The smallest absolute Gasteiger partial charge is 0.249 e. The summed E-state index contributed by atoms with van der Waals surface area (Å²) in [4.78, 5) is 27.9. The number of piperazine rings is 1. The van der Waals surface area contributed by atoms with Crippen molar-refractivity contribution in [3.05, 3.63) is 35.9 Å². The first kappa shape index (κ1) is 16.0. The molecule has 1 spiro atoms.